The van der Waals surface area contributed by atoms with Crippen LogP contribution in [0.15, 0.2) is 18.2 Å². The zero-order chi connectivity index (χ0) is 18.8. The number of aromatic nitrogens is 2. The molecular formula is C20H26N4O3. The number of ether oxygens (including phenoxy) is 1. The Kier molecular flexibility index (Phi) is 5.11. The second kappa shape index (κ2) is 7.68. The van der Waals surface area contributed by atoms with Crippen LogP contribution in [0.3, 0.4) is 0 Å². The van der Waals surface area contributed by atoms with Crippen LogP contribution in [0.2, 0.25) is 0 Å². The molecule has 1 N–H and O–H groups in total. The van der Waals surface area contributed by atoms with Crippen LogP contribution in [0.25, 0.3) is 11.0 Å². The lowest BCUT2D eigenvalue weighted by Gasteiger charge is -2.36. The molecule has 1 aliphatic heterocycles. The maximum Gasteiger partial charge on any atom is 0.290 e. The molecule has 0 atom stereocenters. The van der Waals surface area contributed by atoms with Crippen molar-refractivity contribution in [2.75, 3.05) is 26.8 Å². The zero-order valence-corrected chi connectivity index (χ0v) is 15.7. The van der Waals surface area contributed by atoms with Crippen molar-refractivity contribution in [3.8, 4) is 0 Å². The molecule has 0 radical (unpaired) electrons. The van der Waals surface area contributed by atoms with Crippen molar-refractivity contribution in [3.63, 3.8) is 0 Å². The summed E-state index contributed by atoms with van der Waals surface area (Å²) in [6.07, 6.45) is 5.86. The third-order valence-electron chi connectivity index (χ3n) is 5.63. The Morgan fingerprint density at radius 2 is 2.07 bits per heavy atom. The smallest absolute Gasteiger partial charge is 0.290 e. The minimum absolute atomic E-state index is 0.0236. The molecule has 0 saturated heterocycles. The van der Waals surface area contributed by atoms with E-state index in [9.17, 15) is 9.59 Å². The summed E-state index contributed by atoms with van der Waals surface area (Å²) < 4.78 is 6.94. The summed E-state index contributed by atoms with van der Waals surface area (Å²) in [4.78, 5) is 31.9. The number of rotatable bonds is 5. The highest BCUT2D eigenvalue weighted by Crippen LogP contribution is 2.28. The summed E-state index contributed by atoms with van der Waals surface area (Å²) >= 11 is 0. The molecule has 27 heavy (non-hydrogen) atoms. The molecule has 1 saturated carbocycles. The molecule has 4 rings (SSSR count). The number of imidazole rings is 1. The Balaban J connectivity index is 1.58. The number of benzene rings is 1. The number of carbonyl (C=O) groups excluding carboxylic acids is 2. The highest BCUT2D eigenvalue weighted by molar-refractivity contribution is 6.00. The lowest BCUT2D eigenvalue weighted by Crippen LogP contribution is -2.47. The number of hydrogen-bond donors (Lipinski definition) is 1. The van der Waals surface area contributed by atoms with E-state index in [0.29, 0.717) is 36.1 Å². The lowest BCUT2D eigenvalue weighted by atomic mass is 9.94. The first-order chi connectivity index (χ1) is 13.2. The first kappa shape index (κ1) is 18.0. The predicted molar refractivity (Wildman–Crippen MR) is 102 cm³/mol. The highest BCUT2D eigenvalue weighted by atomic mass is 16.5. The van der Waals surface area contributed by atoms with Crippen molar-refractivity contribution in [3.05, 3.63) is 29.6 Å². The van der Waals surface area contributed by atoms with Crippen LogP contribution in [0.1, 0.15) is 53.1 Å². The summed E-state index contributed by atoms with van der Waals surface area (Å²) in [6.45, 7) is 2.43. The molecule has 0 spiro atoms. The third-order valence-corrected chi connectivity index (χ3v) is 5.63. The Labute approximate surface area is 158 Å². The quantitative estimate of drug-likeness (QED) is 0.819. The van der Waals surface area contributed by atoms with Gasteiger partial charge in [-0.05, 0) is 31.0 Å². The minimum atomic E-state index is -0.157. The van der Waals surface area contributed by atoms with Crippen LogP contribution in [0, 0.1) is 0 Å². The van der Waals surface area contributed by atoms with Crippen molar-refractivity contribution in [1.82, 2.24) is 19.8 Å². The predicted octanol–water partition coefficient (Wildman–Crippen LogP) is 2.20. The summed E-state index contributed by atoms with van der Waals surface area (Å²) in [5, 5.41) is 2.81. The number of nitrogens with one attached hydrogen (secondary N) is 1. The van der Waals surface area contributed by atoms with Crippen molar-refractivity contribution < 1.29 is 14.3 Å². The van der Waals surface area contributed by atoms with Gasteiger partial charge in [0, 0.05) is 38.3 Å². The summed E-state index contributed by atoms with van der Waals surface area (Å²) in [7, 11) is 1.60. The number of hydrogen-bond acceptors (Lipinski definition) is 4. The first-order valence-corrected chi connectivity index (χ1v) is 9.77. The van der Waals surface area contributed by atoms with E-state index in [0.717, 1.165) is 31.4 Å². The van der Waals surface area contributed by atoms with Gasteiger partial charge in [0.25, 0.3) is 11.8 Å². The molecule has 1 aromatic heterocycles. The monoisotopic (exact) mass is 370 g/mol. The average Bonchev–Trinajstić information content (AvgIpc) is 3.08. The SMILES string of the molecule is COCCNC(=O)c1ccc2c(c1)nc1n2CCN(C2CCCCC2)C1=O. The maximum absolute atomic E-state index is 13.0. The second-order valence-corrected chi connectivity index (χ2v) is 7.33. The molecular weight excluding hydrogens is 344 g/mol. The van der Waals surface area contributed by atoms with Gasteiger partial charge in [-0.2, -0.15) is 0 Å². The molecule has 0 bridgehead atoms. The van der Waals surface area contributed by atoms with E-state index in [-0.39, 0.29) is 11.8 Å². The van der Waals surface area contributed by atoms with Gasteiger partial charge in [-0.1, -0.05) is 19.3 Å². The van der Waals surface area contributed by atoms with Gasteiger partial charge < -0.3 is 19.5 Å². The second-order valence-electron chi connectivity index (χ2n) is 7.33. The van der Waals surface area contributed by atoms with Crippen LogP contribution < -0.4 is 5.32 Å². The van der Waals surface area contributed by atoms with Crippen LogP contribution >= 0.6 is 0 Å². The Morgan fingerprint density at radius 1 is 1.26 bits per heavy atom. The zero-order valence-electron chi connectivity index (χ0n) is 15.7. The Bertz CT molecular complexity index is 854. The van der Waals surface area contributed by atoms with E-state index >= 15 is 0 Å². The number of amides is 2. The van der Waals surface area contributed by atoms with Gasteiger partial charge in [0.1, 0.15) is 0 Å². The highest BCUT2D eigenvalue weighted by Gasteiger charge is 2.33. The average molecular weight is 370 g/mol. The van der Waals surface area contributed by atoms with Gasteiger partial charge in [-0.25, -0.2) is 4.98 Å². The van der Waals surface area contributed by atoms with Gasteiger partial charge in [0.05, 0.1) is 17.6 Å². The van der Waals surface area contributed by atoms with Crippen LogP contribution in [0.5, 0.6) is 0 Å². The van der Waals surface area contributed by atoms with E-state index in [2.05, 4.69) is 10.3 Å². The van der Waals surface area contributed by atoms with E-state index in [1.165, 1.54) is 19.3 Å². The summed E-state index contributed by atoms with van der Waals surface area (Å²) in [6, 6.07) is 5.79. The van der Waals surface area contributed by atoms with Crippen LogP contribution in [0.4, 0.5) is 0 Å². The molecule has 1 fully saturated rings. The van der Waals surface area contributed by atoms with Crippen LogP contribution in [-0.2, 0) is 11.3 Å². The fourth-order valence-corrected chi connectivity index (χ4v) is 4.21. The number of carbonyl (C=O) groups is 2. The number of nitrogens with zero attached hydrogens (tertiary/aromatic N) is 3. The van der Waals surface area contributed by atoms with Crippen LogP contribution in [-0.4, -0.2) is 59.1 Å². The molecule has 0 unspecified atom stereocenters. The fraction of sp³-hybridized carbons (Fsp3) is 0.550. The lowest BCUT2D eigenvalue weighted by molar-refractivity contribution is 0.0566. The Morgan fingerprint density at radius 3 is 2.85 bits per heavy atom. The number of methoxy groups -OCH3 is 1. The van der Waals surface area contributed by atoms with Gasteiger partial charge in [-0.15, -0.1) is 0 Å². The topological polar surface area (TPSA) is 76.5 Å². The Hall–Kier alpha value is -2.41. The van der Waals surface area contributed by atoms with Gasteiger partial charge in [0.2, 0.25) is 0 Å². The minimum Gasteiger partial charge on any atom is -0.383 e. The first-order valence-electron chi connectivity index (χ1n) is 9.77. The van der Waals surface area contributed by atoms with E-state index in [4.69, 9.17) is 4.74 Å². The fourth-order valence-electron chi connectivity index (χ4n) is 4.21. The van der Waals surface area contributed by atoms with E-state index < -0.39 is 0 Å². The molecule has 2 heterocycles. The molecule has 144 valence electrons. The normalized spacial score (nSPS) is 18.0. The molecule has 2 aromatic rings. The van der Waals surface area contributed by atoms with Gasteiger partial charge in [-0.3, -0.25) is 9.59 Å². The third kappa shape index (κ3) is 3.43. The van der Waals surface area contributed by atoms with E-state index in [1.54, 1.807) is 19.2 Å². The molecule has 1 aliphatic carbocycles. The summed E-state index contributed by atoms with van der Waals surface area (Å²) in [5.41, 5.74) is 2.16. The van der Waals surface area contributed by atoms with Crippen molar-refractivity contribution in [2.45, 2.75) is 44.7 Å². The molecule has 1 aromatic carbocycles. The number of fused-ring (bicyclic) bond motifs is 3. The van der Waals surface area contributed by atoms with Crippen molar-refractivity contribution >= 4 is 22.8 Å². The van der Waals surface area contributed by atoms with Crippen molar-refractivity contribution in [2.24, 2.45) is 0 Å². The van der Waals surface area contributed by atoms with Crippen molar-refractivity contribution in [1.29, 1.82) is 0 Å². The molecule has 7 heteroatoms. The van der Waals surface area contributed by atoms with Gasteiger partial charge >= 0.3 is 0 Å². The largest absolute Gasteiger partial charge is 0.383 e. The standard InChI is InChI=1S/C20H26N4O3/c1-27-12-9-21-19(25)14-7-8-17-16(13-14)22-18-20(26)23(10-11-24(17)18)15-5-3-2-4-6-15/h7-8,13,15H,2-6,9-12H2,1H3,(H,21,25). The molecule has 2 amide bonds. The molecule has 2 aliphatic rings. The van der Waals surface area contributed by atoms with Gasteiger partial charge in [0.15, 0.2) is 5.82 Å². The van der Waals surface area contributed by atoms with E-state index in [1.807, 2.05) is 15.5 Å². The summed E-state index contributed by atoms with van der Waals surface area (Å²) in [5.74, 6) is 0.365. The molecule has 7 nitrogen and oxygen atoms in total. The maximum atomic E-state index is 13.0.